The average molecular weight is 348 g/mol. The molecule has 0 spiro atoms. The van der Waals surface area contributed by atoms with Gasteiger partial charge in [-0.2, -0.15) is 10.2 Å². The SMILES string of the molecule is CCn1cc(Br)c(C(=O)n2cc(Br)cn2)n1. The fraction of sp³-hybridized carbons (Fsp3) is 0.222. The van der Waals surface area contributed by atoms with Gasteiger partial charge in [-0.05, 0) is 38.8 Å². The van der Waals surface area contributed by atoms with Crippen LogP contribution in [0, 0.1) is 0 Å². The molecule has 0 atom stereocenters. The number of carbonyl (C=O) groups is 1. The quantitative estimate of drug-likeness (QED) is 0.837. The Kier molecular flexibility index (Phi) is 3.25. The van der Waals surface area contributed by atoms with E-state index in [-0.39, 0.29) is 5.91 Å². The summed E-state index contributed by atoms with van der Waals surface area (Å²) in [5, 5.41) is 8.08. The van der Waals surface area contributed by atoms with Crippen LogP contribution >= 0.6 is 31.9 Å². The van der Waals surface area contributed by atoms with Crippen molar-refractivity contribution in [3.05, 3.63) is 33.2 Å². The van der Waals surface area contributed by atoms with E-state index in [1.165, 1.54) is 4.68 Å². The zero-order valence-electron chi connectivity index (χ0n) is 8.39. The van der Waals surface area contributed by atoms with Crippen molar-refractivity contribution in [3.8, 4) is 0 Å². The van der Waals surface area contributed by atoms with Gasteiger partial charge in [0.2, 0.25) is 0 Å². The van der Waals surface area contributed by atoms with Crippen LogP contribution in [-0.2, 0) is 6.54 Å². The van der Waals surface area contributed by atoms with Gasteiger partial charge in [0.05, 0.1) is 15.1 Å². The van der Waals surface area contributed by atoms with E-state index in [1.807, 2.05) is 6.92 Å². The third-order valence-corrected chi connectivity index (χ3v) is 2.99. The molecule has 0 aliphatic carbocycles. The van der Waals surface area contributed by atoms with Crippen LogP contribution in [0.2, 0.25) is 0 Å². The summed E-state index contributed by atoms with van der Waals surface area (Å²) >= 11 is 6.54. The number of hydrogen-bond acceptors (Lipinski definition) is 3. The first kappa shape index (κ1) is 11.5. The number of aryl methyl sites for hydroxylation is 1. The predicted octanol–water partition coefficient (Wildman–Crippen LogP) is 2.31. The summed E-state index contributed by atoms with van der Waals surface area (Å²) in [5.74, 6) is -0.259. The molecule has 0 aliphatic rings. The third-order valence-electron chi connectivity index (χ3n) is 2.00. The van der Waals surface area contributed by atoms with Crippen LogP contribution in [0.5, 0.6) is 0 Å². The minimum absolute atomic E-state index is 0.259. The largest absolute Gasteiger partial charge is 0.299 e. The first-order valence-electron chi connectivity index (χ1n) is 4.59. The van der Waals surface area contributed by atoms with Gasteiger partial charge in [-0.3, -0.25) is 9.48 Å². The van der Waals surface area contributed by atoms with Gasteiger partial charge >= 0.3 is 0 Å². The maximum absolute atomic E-state index is 12.0. The lowest BCUT2D eigenvalue weighted by Crippen LogP contribution is -2.14. The normalized spacial score (nSPS) is 10.7. The van der Waals surface area contributed by atoms with E-state index in [9.17, 15) is 4.79 Å². The molecule has 0 amide bonds. The fourth-order valence-corrected chi connectivity index (χ4v) is 2.00. The minimum atomic E-state index is -0.259. The monoisotopic (exact) mass is 346 g/mol. The van der Waals surface area contributed by atoms with E-state index >= 15 is 0 Å². The van der Waals surface area contributed by atoms with Crippen LogP contribution in [0.1, 0.15) is 17.4 Å². The molecule has 7 heteroatoms. The molecule has 0 radical (unpaired) electrons. The van der Waals surface area contributed by atoms with Gasteiger partial charge in [-0.1, -0.05) is 0 Å². The van der Waals surface area contributed by atoms with Crippen LogP contribution in [0.25, 0.3) is 0 Å². The standard InChI is InChI=1S/C9H8Br2N4O/c1-2-14-5-7(11)8(13-14)9(16)15-4-6(10)3-12-15/h3-5H,2H2,1H3. The van der Waals surface area contributed by atoms with Crippen LogP contribution in [0.15, 0.2) is 27.5 Å². The number of halogens is 2. The maximum Gasteiger partial charge on any atom is 0.299 e. The molecular formula is C9H8Br2N4O. The van der Waals surface area contributed by atoms with Gasteiger partial charge < -0.3 is 0 Å². The van der Waals surface area contributed by atoms with Crippen molar-refractivity contribution in [2.24, 2.45) is 0 Å². The lowest BCUT2D eigenvalue weighted by Gasteiger charge is -1.96. The second-order valence-electron chi connectivity index (χ2n) is 3.09. The van der Waals surface area contributed by atoms with Gasteiger partial charge in [0.15, 0.2) is 5.69 Å². The van der Waals surface area contributed by atoms with Gasteiger partial charge in [-0.25, -0.2) is 4.68 Å². The van der Waals surface area contributed by atoms with E-state index in [4.69, 9.17) is 0 Å². The maximum atomic E-state index is 12.0. The van der Waals surface area contributed by atoms with Crippen molar-refractivity contribution in [2.45, 2.75) is 13.5 Å². The van der Waals surface area contributed by atoms with E-state index in [2.05, 4.69) is 42.1 Å². The summed E-state index contributed by atoms with van der Waals surface area (Å²) in [6, 6.07) is 0. The Balaban J connectivity index is 2.37. The van der Waals surface area contributed by atoms with Gasteiger partial charge in [0.25, 0.3) is 5.91 Å². The Labute approximate surface area is 109 Å². The molecule has 0 aliphatic heterocycles. The molecule has 0 bridgehead atoms. The summed E-state index contributed by atoms with van der Waals surface area (Å²) < 4.78 is 4.37. The molecule has 0 aromatic carbocycles. The van der Waals surface area contributed by atoms with Crippen LogP contribution in [-0.4, -0.2) is 25.5 Å². The Hall–Kier alpha value is -0.950. The molecule has 0 saturated carbocycles. The molecule has 0 saturated heterocycles. The smallest absolute Gasteiger partial charge is 0.271 e. The number of rotatable bonds is 2. The van der Waals surface area contributed by atoms with Crippen molar-refractivity contribution in [2.75, 3.05) is 0 Å². The molecular weight excluding hydrogens is 340 g/mol. The Morgan fingerprint density at radius 1 is 1.44 bits per heavy atom. The number of carbonyl (C=O) groups excluding carboxylic acids is 1. The van der Waals surface area contributed by atoms with Crippen molar-refractivity contribution in [1.29, 1.82) is 0 Å². The highest BCUT2D eigenvalue weighted by molar-refractivity contribution is 9.10. The number of hydrogen-bond donors (Lipinski definition) is 0. The highest BCUT2D eigenvalue weighted by atomic mass is 79.9. The minimum Gasteiger partial charge on any atom is -0.271 e. The molecule has 84 valence electrons. The lowest BCUT2D eigenvalue weighted by atomic mass is 10.4. The number of aromatic nitrogens is 4. The summed E-state index contributed by atoms with van der Waals surface area (Å²) in [5.41, 5.74) is 0.359. The van der Waals surface area contributed by atoms with Crippen LogP contribution in [0.4, 0.5) is 0 Å². The third kappa shape index (κ3) is 2.10. The van der Waals surface area contributed by atoms with Crippen molar-refractivity contribution < 1.29 is 4.79 Å². The Morgan fingerprint density at radius 3 is 2.69 bits per heavy atom. The van der Waals surface area contributed by atoms with Crippen molar-refractivity contribution in [3.63, 3.8) is 0 Å². The topological polar surface area (TPSA) is 52.7 Å². The first-order valence-corrected chi connectivity index (χ1v) is 6.18. The van der Waals surface area contributed by atoms with Gasteiger partial charge in [0.1, 0.15) is 0 Å². The molecule has 0 unspecified atom stereocenters. The molecule has 2 rings (SSSR count). The van der Waals surface area contributed by atoms with E-state index in [0.717, 1.165) is 4.47 Å². The molecule has 5 nitrogen and oxygen atoms in total. The first-order chi connectivity index (χ1) is 7.61. The van der Waals surface area contributed by atoms with E-state index < -0.39 is 0 Å². The Bertz CT molecular complexity index is 531. The van der Waals surface area contributed by atoms with Crippen LogP contribution in [0.3, 0.4) is 0 Å². The molecule has 2 heterocycles. The molecule has 0 N–H and O–H groups in total. The highest BCUT2D eigenvalue weighted by Crippen LogP contribution is 2.16. The number of nitrogens with zero attached hydrogens (tertiary/aromatic N) is 4. The zero-order valence-corrected chi connectivity index (χ0v) is 11.6. The lowest BCUT2D eigenvalue weighted by molar-refractivity contribution is 0.0938. The summed E-state index contributed by atoms with van der Waals surface area (Å²) in [7, 11) is 0. The molecule has 0 fully saturated rings. The fourth-order valence-electron chi connectivity index (χ4n) is 1.22. The molecule has 2 aromatic heterocycles. The molecule has 16 heavy (non-hydrogen) atoms. The van der Waals surface area contributed by atoms with E-state index in [1.54, 1.807) is 23.3 Å². The predicted molar refractivity (Wildman–Crippen MR) is 65.3 cm³/mol. The zero-order chi connectivity index (χ0) is 11.7. The summed E-state index contributed by atoms with van der Waals surface area (Å²) in [6.45, 7) is 2.67. The molecule has 2 aromatic rings. The van der Waals surface area contributed by atoms with Crippen molar-refractivity contribution >= 4 is 37.8 Å². The second kappa shape index (κ2) is 4.50. The second-order valence-corrected chi connectivity index (χ2v) is 4.86. The highest BCUT2D eigenvalue weighted by Gasteiger charge is 2.17. The average Bonchev–Trinajstić information content (AvgIpc) is 2.83. The summed E-state index contributed by atoms with van der Waals surface area (Å²) in [6.07, 6.45) is 4.92. The van der Waals surface area contributed by atoms with Gasteiger partial charge in [0, 0.05) is 18.9 Å². The van der Waals surface area contributed by atoms with Crippen molar-refractivity contribution in [1.82, 2.24) is 19.6 Å². The summed E-state index contributed by atoms with van der Waals surface area (Å²) in [4.78, 5) is 12.0. The van der Waals surface area contributed by atoms with E-state index in [0.29, 0.717) is 16.7 Å². The van der Waals surface area contributed by atoms with Gasteiger partial charge in [-0.15, -0.1) is 0 Å². The van der Waals surface area contributed by atoms with Crippen LogP contribution < -0.4 is 0 Å². The Morgan fingerprint density at radius 2 is 2.19 bits per heavy atom.